The van der Waals surface area contributed by atoms with Crippen LogP contribution in [-0.4, -0.2) is 0 Å². The van der Waals surface area contributed by atoms with Crippen LogP contribution in [0.4, 0.5) is 0 Å². The Balaban J connectivity index is 1.42. The van der Waals surface area contributed by atoms with Crippen LogP contribution in [0.3, 0.4) is 0 Å². The Kier molecular flexibility index (Phi) is 5.30. The molecule has 0 bridgehead atoms. The van der Waals surface area contributed by atoms with Crippen molar-refractivity contribution in [3.63, 3.8) is 0 Å². The van der Waals surface area contributed by atoms with Crippen molar-refractivity contribution >= 4 is 12.2 Å². The van der Waals surface area contributed by atoms with E-state index in [2.05, 4.69) is 91.0 Å². The van der Waals surface area contributed by atoms with Crippen molar-refractivity contribution in [3.8, 4) is 11.1 Å². The molecule has 0 aliphatic heterocycles. The maximum Gasteiger partial charge on any atom is -0.0162 e. The van der Waals surface area contributed by atoms with E-state index in [1.54, 1.807) is 0 Å². The third-order valence-corrected chi connectivity index (χ3v) is 5.50. The third-order valence-electron chi connectivity index (χ3n) is 5.50. The molecule has 0 spiro atoms. The molecule has 0 unspecified atom stereocenters. The molecule has 1 aliphatic carbocycles. The Morgan fingerprint density at radius 2 is 1.08 bits per heavy atom. The van der Waals surface area contributed by atoms with E-state index >= 15 is 0 Å². The minimum Gasteiger partial charge on any atom is -0.0622 e. The molecular formula is C26H26. The maximum atomic E-state index is 2.33. The molecule has 0 nitrogen and oxygen atoms in total. The van der Waals surface area contributed by atoms with E-state index in [4.69, 9.17) is 0 Å². The van der Waals surface area contributed by atoms with Gasteiger partial charge >= 0.3 is 0 Å². The molecule has 1 aliphatic rings. The molecule has 3 aromatic rings. The standard InChI is InChI=1S/C26H26/c1-3-7-23(8-4-1)25-17-13-21(14-18-25)11-12-22-15-19-26(20-16-22)24-9-5-2-6-10-24/h1,3-4,7-8,11-20,24H,2,5-6,9-10H2/b12-11+. The zero-order valence-corrected chi connectivity index (χ0v) is 15.3. The monoisotopic (exact) mass is 338 g/mol. The molecule has 0 heterocycles. The quantitative estimate of drug-likeness (QED) is 0.430. The van der Waals surface area contributed by atoms with E-state index in [9.17, 15) is 0 Å². The summed E-state index contributed by atoms with van der Waals surface area (Å²) < 4.78 is 0. The number of rotatable bonds is 4. The first kappa shape index (κ1) is 16.8. The number of hydrogen-bond acceptors (Lipinski definition) is 0. The van der Waals surface area contributed by atoms with Gasteiger partial charge in [-0.1, -0.05) is 110 Å². The molecule has 3 aromatic carbocycles. The first-order chi connectivity index (χ1) is 12.9. The van der Waals surface area contributed by atoms with E-state index in [1.807, 2.05) is 0 Å². The smallest absolute Gasteiger partial charge is 0.0162 e. The van der Waals surface area contributed by atoms with Crippen LogP contribution in [0.1, 0.15) is 54.7 Å². The van der Waals surface area contributed by atoms with Gasteiger partial charge in [0.05, 0.1) is 0 Å². The summed E-state index contributed by atoms with van der Waals surface area (Å²) in [5, 5.41) is 0. The lowest BCUT2D eigenvalue weighted by Gasteiger charge is -2.21. The molecule has 26 heavy (non-hydrogen) atoms. The van der Waals surface area contributed by atoms with Gasteiger partial charge in [0.15, 0.2) is 0 Å². The fraction of sp³-hybridized carbons (Fsp3) is 0.231. The summed E-state index contributed by atoms with van der Waals surface area (Å²) in [6.07, 6.45) is 11.3. The molecule has 0 heteroatoms. The lowest BCUT2D eigenvalue weighted by atomic mass is 9.84. The van der Waals surface area contributed by atoms with E-state index < -0.39 is 0 Å². The minimum absolute atomic E-state index is 0.785. The summed E-state index contributed by atoms with van der Waals surface area (Å²) in [7, 11) is 0. The summed E-state index contributed by atoms with van der Waals surface area (Å²) >= 11 is 0. The van der Waals surface area contributed by atoms with Gasteiger partial charge in [-0.25, -0.2) is 0 Å². The Bertz CT molecular complexity index is 833. The molecule has 0 aromatic heterocycles. The van der Waals surface area contributed by atoms with E-state index in [0.29, 0.717) is 0 Å². The van der Waals surface area contributed by atoms with Crippen LogP contribution in [0.5, 0.6) is 0 Å². The molecule has 130 valence electrons. The van der Waals surface area contributed by atoms with Gasteiger partial charge in [-0.05, 0) is 46.6 Å². The van der Waals surface area contributed by atoms with Crippen molar-refractivity contribution in [2.75, 3.05) is 0 Å². The van der Waals surface area contributed by atoms with Gasteiger partial charge < -0.3 is 0 Å². The second kappa shape index (κ2) is 8.19. The van der Waals surface area contributed by atoms with Gasteiger partial charge in [-0.2, -0.15) is 0 Å². The number of benzene rings is 3. The van der Waals surface area contributed by atoms with Crippen molar-refractivity contribution in [1.82, 2.24) is 0 Å². The highest BCUT2D eigenvalue weighted by atomic mass is 14.2. The molecule has 0 radical (unpaired) electrons. The van der Waals surface area contributed by atoms with Crippen molar-refractivity contribution in [2.24, 2.45) is 0 Å². The van der Waals surface area contributed by atoms with E-state index in [-0.39, 0.29) is 0 Å². The SMILES string of the molecule is C(=C\c1ccc(C2CCCCC2)cc1)/c1ccc(-c2ccccc2)cc1. The molecular weight excluding hydrogens is 312 g/mol. The van der Waals surface area contributed by atoms with Crippen LogP contribution >= 0.6 is 0 Å². The Morgan fingerprint density at radius 1 is 0.538 bits per heavy atom. The highest BCUT2D eigenvalue weighted by Gasteiger charge is 2.14. The molecule has 4 rings (SSSR count). The summed E-state index contributed by atoms with van der Waals surface area (Å²) in [5.74, 6) is 0.785. The van der Waals surface area contributed by atoms with Crippen molar-refractivity contribution in [1.29, 1.82) is 0 Å². The van der Waals surface area contributed by atoms with Crippen LogP contribution in [-0.2, 0) is 0 Å². The zero-order chi connectivity index (χ0) is 17.6. The Labute approximate surface area is 157 Å². The fourth-order valence-corrected chi connectivity index (χ4v) is 3.92. The van der Waals surface area contributed by atoms with Crippen molar-refractivity contribution in [2.45, 2.75) is 38.0 Å². The predicted octanol–water partition coefficient (Wildman–Crippen LogP) is 7.57. The van der Waals surface area contributed by atoms with Crippen LogP contribution in [0.25, 0.3) is 23.3 Å². The van der Waals surface area contributed by atoms with Gasteiger partial charge in [0.25, 0.3) is 0 Å². The minimum atomic E-state index is 0.785. The lowest BCUT2D eigenvalue weighted by Crippen LogP contribution is -2.04. The second-order valence-corrected chi connectivity index (χ2v) is 7.32. The first-order valence-corrected chi connectivity index (χ1v) is 9.82. The average molecular weight is 338 g/mol. The average Bonchev–Trinajstić information content (AvgIpc) is 2.74. The number of hydrogen-bond donors (Lipinski definition) is 0. The fourth-order valence-electron chi connectivity index (χ4n) is 3.92. The largest absolute Gasteiger partial charge is 0.0622 e. The van der Waals surface area contributed by atoms with Crippen LogP contribution < -0.4 is 0 Å². The topological polar surface area (TPSA) is 0 Å². The highest BCUT2D eigenvalue weighted by molar-refractivity contribution is 5.72. The van der Waals surface area contributed by atoms with Gasteiger partial charge in [-0.15, -0.1) is 0 Å². The summed E-state index contributed by atoms with van der Waals surface area (Å²) in [4.78, 5) is 0. The van der Waals surface area contributed by atoms with Crippen LogP contribution in [0, 0.1) is 0 Å². The van der Waals surface area contributed by atoms with Crippen LogP contribution in [0.2, 0.25) is 0 Å². The molecule has 1 saturated carbocycles. The molecule has 0 amide bonds. The first-order valence-electron chi connectivity index (χ1n) is 9.82. The van der Waals surface area contributed by atoms with Crippen LogP contribution in [0.15, 0.2) is 78.9 Å². The van der Waals surface area contributed by atoms with Crippen molar-refractivity contribution < 1.29 is 0 Å². The van der Waals surface area contributed by atoms with E-state index in [1.165, 1.54) is 59.9 Å². The lowest BCUT2D eigenvalue weighted by molar-refractivity contribution is 0.443. The normalized spacial score (nSPS) is 15.4. The van der Waals surface area contributed by atoms with E-state index in [0.717, 1.165) is 5.92 Å². The second-order valence-electron chi connectivity index (χ2n) is 7.32. The Hall–Kier alpha value is -2.60. The summed E-state index contributed by atoms with van der Waals surface area (Å²) in [6, 6.07) is 28.5. The molecule has 0 saturated heterocycles. The van der Waals surface area contributed by atoms with Gasteiger partial charge in [0.1, 0.15) is 0 Å². The maximum absolute atomic E-state index is 2.33. The molecule has 0 N–H and O–H groups in total. The predicted molar refractivity (Wildman–Crippen MR) is 113 cm³/mol. The Morgan fingerprint density at radius 3 is 1.69 bits per heavy atom. The van der Waals surface area contributed by atoms with Gasteiger partial charge in [0.2, 0.25) is 0 Å². The summed E-state index contributed by atoms with van der Waals surface area (Å²) in [5.41, 5.74) is 6.56. The molecule has 1 fully saturated rings. The van der Waals surface area contributed by atoms with Gasteiger partial charge in [-0.3, -0.25) is 0 Å². The highest BCUT2D eigenvalue weighted by Crippen LogP contribution is 2.32. The third kappa shape index (κ3) is 4.14. The van der Waals surface area contributed by atoms with Crippen molar-refractivity contribution in [3.05, 3.63) is 95.6 Å². The zero-order valence-electron chi connectivity index (χ0n) is 15.3. The summed E-state index contributed by atoms with van der Waals surface area (Å²) in [6.45, 7) is 0. The molecule has 0 atom stereocenters. The van der Waals surface area contributed by atoms with Gasteiger partial charge in [0, 0.05) is 0 Å².